The van der Waals surface area contributed by atoms with Crippen LogP contribution in [0.1, 0.15) is 17.4 Å². The van der Waals surface area contributed by atoms with Crippen molar-refractivity contribution >= 4 is 11.3 Å². The van der Waals surface area contributed by atoms with Crippen molar-refractivity contribution in [1.82, 2.24) is 0 Å². The van der Waals surface area contributed by atoms with Crippen LogP contribution >= 0.6 is 11.3 Å². The maximum absolute atomic E-state index is 3.09. The standard InChI is InChI=1S/C14H12S/c1-3-6-12-9-10-14(15-12)13-8-5-4-7-11(13)2/h4-5,7-10H,1-2H3. The third kappa shape index (κ3) is 2.11. The molecule has 0 unspecified atom stereocenters. The number of rotatable bonds is 1. The van der Waals surface area contributed by atoms with Gasteiger partial charge < -0.3 is 0 Å². The van der Waals surface area contributed by atoms with Crippen molar-refractivity contribution in [3.05, 3.63) is 46.8 Å². The molecular weight excluding hydrogens is 200 g/mol. The van der Waals surface area contributed by atoms with Crippen LogP contribution in [0, 0.1) is 18.8 Å². The molecule has 0 aliphatic heterocycles. The number of benzene rings is 1. The van der Waals surface area contributed by atoms with Crippen LogP contribution in [0.3, 0.4) is 0 Å². The summed E-state index contributed by atoms with van der Waals surface area (Å²) >= 11 is 1.75. The normalized spacial score (nSPS) is 9.47. The highest BCUT2D eigenvalue weighted by Gasteiger charge is 2.03. The van der Waals surface area contributed by atoms with E-state index in [1.165, 1.54) is 16.0 Å². The molecule has 1 aromatic heterocycles. The Kier molecular flexibility index (Phi) is 2.89. The molecule has 0 atom stereocenters. The number of thiophene rings is 1. The van der Waals surface area contributed by atoms with Gasteiger partial charge in [-0.15, -0.1) is 17.3 Å². The maximum Gasteiger partial charge on any atom is 0.0774 e. The molecule has 0 fully saturated rings. The second-order valence-corrected chi connectivity index (χ2v) is 4.44. The van der Waals surface area contributed by atoms with E-state index in [1.54, 1.807) is 11.3 Å². The Morgan fingerprint density at radius 2 is 1.87 bits per heavy atom. The SMILES string of the molecule is CC#Cc1ccc(-c2ccccc2C)s1. The zero-order chi connectivity index (χ0) is 10.7. The summed E-state index contributed by atoms with van der Waals surface area (Å²) in [6.07, 6.45) is 0. The largest absolute Gasteiger partial charge is 0.127 e. The molecule has 0 N–H and O–H groups in total. The first-order valence-corrected chi connectivity index (χ1v) is 5.71. The van der Waals surface area contributed by atoms with Crippen LogP contribution in [0.4, 0.5) is 0 Å². The first-order chi connectivity index (χ1) is 7.31. The van der Waals surface area contributed by atoms with Crippen LogP contribution in [0.2, 0.25) is 0 Å². The summed E-state index contributed by atoms with van der Waals surface area (Å²) in [5.41, 5.74) is 2.63. The van der Waals surface area contributed by atoms with Crippen molar-refractivity contribution < 1.29 is 0 Å². The van der Waals surface area contributed by atoms with Gasteiger partial charge in [-0.3, -0.25) is 0 Å². The first kappa shape index (κ1) is 10.0. The highest BCUT2D eigenvalue weighted by Crippen LogP contribution is 2.29. The molecule has 1 aromatic carbocycles. The van der Waals surface area contributed by atoms with E-state index in [-0.39, 0.29) is 0 Å². The van der Waals surface area contributed by atoms with Crippen molar-refractivity contribution in [1.29, 1.82) is 0 Å². The molecule has 0 bridgehead atoms. The third-order valence-electron chi connectivity index (χ3n) is 2.26. The first-order valence-electron chi connectivity index (χ1n) is 4.90. The summed E-state index contributed by atoms with van der Waals surface area (Å²) in [5, 5.41) is 0. The third-order valence-corrected chi connectivity index (χ3v) is 3.30. The molecule has 0 saturated heterocycles. The van der Waals surface area contributed by atoms with Crippen molar-refractivity contribution in [3.63, 3.8) is 0 Å². The quantitative estimate of drug-likeness (QED) is 0.624. The van der Waals surface area contributed by atoms with Crippen LogP contribution in [-0.4, -0.2) is 0 Å². The predicted molar refractivity (Wildman–Crippen MR) is 67.0 cm³/mol. The van der Waals surface area contributed by atoms with E-state index in [2.05, 4.69) is 55.2 Å². The van der Waals surface area contributed by atoms with Crippen LogP contribution in [0.25, 0.3) is 10.4 Å². The van der Waals surface area contributed by atoms with E-state index in [4.69, 9.17) is 0 Å². The molecule has 0 radical (unpaired) electrons. The van der Waals surface area contributed by atoms with Crippen LogP contribution < -0.4 is 0 Å². The average Bonchev–Trinajstić information content (AvgIpc) is 2.68. The fraction of sp³-hybridized carbons (Fsp3) is 0.143. The highest BCUT2D eigenvalue weighted by atomic mass is 32.1. The Labute approximate surface area is 94.6 Å². The summed E-state index contributed by atoms with van der Waals surface area (Å²) in [7, 11) is 0. The molecule has 2 rings (SSSR count). The van der Waals surface area contributed by atoms with E-state index in [1.807, 2.05) is 6.92 Å². The minimum atomic E-state index is 1.13. The lowest BCUT2D eigenvalue weighted by Crippen LogP contribution is -1.77. The Bertz CT molecular complexity index is 524. The summed E-state index contributed by atoms with van der Waals surface area (Å²) in [4.78, 5) is 2.43. The topological polar surface area (TPSA) is 0 Å². The van der Waals surface area contributed by atoms with Gasteiger partial charge >= 0.3 is 0 Å². The fourth-order valence-corrected chi connectivity index (χ4v) is 2.52. The van der Waals surface area contributed by atoms with Crippen molar-refractivity contribution in [2.75, 3.05) is 0 Å². The molecule has 1 heteroatoms. The zero-order valence-corrected chi connectivity index (χ0v) is 9.69. The van der Waals surface area contributed by atoms with Gasteiger partial charge in [-0.2, -0.15) is 0 Å². The van der Waals surface area contributed by atoms with Gasteiger partial charge in [-0.25, -0.2) is 0 Å². The van der Waals surface area contributed by atoms with Gasteiger partial charge in [0.25, 0.3) is 0 Å². The lowest BCUT2D eigenvalue weighted by Gasteiger charge is -2.00. The lowest BCUT2D eigenvalue weighted by molar-refractivity contribution is 1.48. The monoisotopic (exact) mass is 212 g/mol. The minimum absolute atomic E-state index is 1.13. The second kappa shape index (κ2) is 4.33. The van der Waals surface area contributed by atoms with Gasteiger partial charge in [-0.1, -0.05) is 30.2 Å². The minimum Gasteiger partial charge on any atom is -0.127 e. The van der Waals surface area contributed by atoms with Crippen molar-refractivity contribution in [3.8, 4) is 22.3 Å². The van der Waals surface area contributed by atoms with E-state index >= 15 is 0 Å². The molecule has 0 amide bonds. The number of hydrogen-bond acceptors (Lipinski definition) is 1. The fourth-order valence-electron chi connectivity index (χ4n) is 1.52. The highest BCUT2D eigenvalue weighted by molar-refractivity contribution is 7.16. The molecule has 0 spiro atoms. The summed E-state index contributed by atoms with van der Waals surface area (Å²) in [6.45, 7) is 4.01. The van der Waals surface area contributed by atoms with Gasteiger partial charge in [0.1, 0.15) is 0 Å². The predicted octanol–water partition coefficient (Wildman–Crippen LogP) is 4.09. The summed E-state index contributed by atoms with van der Waals surface area (Å²) in [5.74, 6) is 6.01. The smallest absolute Gasteiger partial charge is 0.0774 e. The molecular formula is C14H12S. The van der Waals surface area contributed by atoms with Gasteiger partial charge in [0.15, 0.2) is 0 Å². The molecule has 2 aromatic rings. The molecule has 1 heterocycles. The molecule has 0 aliphatic rings. The molecule has 74 valence electrons. The summed E-state index contributed by atoms with van der Waals surface area (Å²) in [6, 6.07) is 12.7. The van der Waals surface area contributed by atoms with Gasteiger partial charge in [0.2, 0.25) is 0 Å². The van der Waals surface area contributed by atoms with E-state index in [0.29, 0.717) is 0 Å². The zero-order valence-electron chi connectivity index (χ0n) is 8.87. The Morgan fingerprint density at radius 3 is 2.60 bits per heavy atom. The Balaban J connectivity index is 2.44. The second-order valence-electron chi connectivity index (χ2n) is 3.35. The van der Waals surface area contributed by atoms with E-state index in [9.17, 15) is 0 Å². The molecule has 0 aliphatic carbocycles. The molecule has 15 heavy (non-hydrogen) atoms. The Morgan fingerprint density at radius 1 is 1.07 bits per heavy atom. The van der Waals surface area contributed by atoms with Gasteiger partial charge in [-0.05, 0) is 37.1 Å². The van der Waals surface area contributed by atoms with Gasteiger partial charge in [0, 0.05) is 4.88 Å². The molecule has 0 saturated carbocycles. The van der Waals surface area contributed by atoms with Crippen molar-refractivity contribution in [2.45, 2.75) is 13.8 Å². The van der Waals surface area contributed by atoms with Crippen LogP contribution in [0.15, 0.2) is 36.4 Å². The van der Waals surface area contributed by atoms with Crippen molar-refractivity contribution in [2.24, 2.45) is 0 Å². The lowest BCUT2D eigenvalue weighted by atomic mass is 10.1. The van der Waals surface area contributed by atoms with Gasteiger partial charge in [0.05, 0.1) is 4.88 Å². The van der Waals surface area contributed by atoms with E-state index < -0.39 is 0 Å². The molecule has 0 nitrogen and oxygen atoms in total. The number of aryl methyl sites for hydroxylation is 1. The van der Waals surface area contributed by atoms with E-state index in [0.717, 1.165) is 4.88 Å². The van der Waals surface area contributed by atoms with Crippen LogP contribution in [-0.2, 0) is 0 Å². The van der Waals surface area contributed by atoms with Crippen LogP contribution in [0.5, 0.6) is 0 Å². The Hall–Kier alpha value is -1.52. The average molecular weight is 212 g/mol. The summed E-state index contributed by atoms with van der Waals surface area (Å²) < 4.78 is 0. The maximum atomic E-state index is 3.09. The number of hydrogen-bond donors (Lipinski definition) is 0.